The van der Waals surface area contributed by atoms with E-state index < -0.39 is 0 Å². The number of anilines is 1. The van der Waals surface area contributed by atoms with Gasteiger partial charge in [-0.05, 0) is 51.5 Å². The van der Waals surface area contributed by atoms with E-state index in [-0.39, 0.29) is 0 Å². The fraction of sp³-hybridized carbons (Fsp3) is 0.824. The van der Waals surface area contributed by atoms with Crippen LogP contribution >= 0.6 is 11.3 Å². The molecule has 2 fully saturated rings. The zero-order valence-electron chi connectivity index (χ0n) is 13.7. The van der Waals surface area contributed by atoms with Crippen molar-refractivity contribution in [2.75, 3.05) is 18.0 Å². The second kappa shape index (κ2) is 6.66. The van der Waals surface area contributed by atoms with Crippen molar-refractivity contribution >= 4 is 16.5 Å². The van der Waals surface area contributed by atoms with Crippen molar-refractivity contribution in [2.45, 2.75) is 71.4 Å². The van der Waals surface area contributed by atoms with Gasteiger partial charge in [0.05, 0.1) is 5.69 Å². The standard InChI is InChI=1S/C17H29N3S/c1-4-9-18-11-15-16(14-7-8-14)19-17(21-15)20-10-5-6-12(2)13(20)3/h12-14,18H,4-11H2,1-3H3. The largest absolute Gasteiger partial charge is 0.345 e. The first-order chi connectivity index (χ1) is 10.2. The highest BCUT2D eigenvalue weighted by Gasteiger charge is 2.32. The van der Waals surface area contributed by atoms with Gasteiger partial charge >= 0.3 is 0 Å². The molecule has 1 saturated heterocycles. The number of nitrogens with zero attached hydrogens (tertiary/aromatic N) is 2. The van der Waals surface area contributed by atoms with Crippen LogP contribution in [-0.4, -0.2) is 24.1 Å². The van der Waals surface area contributed by atoms with Gasteiger partial charge in [0.25, 0.3) is 0 Å². The first kappa shape index (κ1) is 15.3. The van der Waals surface area contributed by atoms with Crippen LogP contribution in [0.15, 0.2) is 0 Å². The van der Waals surface area contributed by atoms with E-state index in [1.165, 1.54) is 54.4 Å². The van der Waals surface area contributed by atoms with E-state index in [0.29, 0.717) is 6.04 Å². The quantitative estimate of drug-likeness (QED) is 0.800. The van der Waals surface area contributed by atoms with Gasteiger partial charge in [-0.1, -0.05) is 13.8 Å². The molecule has 1 saturated carbocycles. The first-order valence-electron chi connectivity index (χ1n) is 8.67. The van der Waals surface area contributed by atoms with Crippen LogP contribution < -0.4 is 10.2 Å². The molecular formula is C17H29N3S. The Bertz CT molecular complexity index is 467. The second-order valence-corrected chi connectivity index (χ2v) is 7.87. The zero-order valence-corrected chi connectivity index (χ0v) is 14.5. The van der Waals surface area contributed by atoms with Crippen LogP contribution in [0.1, 0.15) is 69.4 Å². The molecular weight excluding hydrogens is 278 g/mol. The van der Waals surface area contributed by atoms with Crippen LogP contribution in [0, 0.1) is 5.92 Å². The molecule has 2 unspecified atom stereocenters. The number of thiazole rings is 1. The fourth-order valence-electron chi connectivity index (χ4n) is 3.26. The topological polar surface area (TPSA) is 28.2 Å². The number of nitrogens with one attached hydrogen (secondary N) is 1. The van der Waals surface area contributed by atoms with Gasteiger partial charge in [0.2, 0.25) is 0 Å². The average molecular weight is 308 g/mol. The molecule has 1 aliphatic carbocycles. The normalized spacial score (nSPS) is 26.3. The molecule has 0 radical (unpaired) electrons. The van der Waals surface area contributed by atoms with Gasteiger partial charge in [-0.25, -0.2) is 4.98 Å². The molecule has 1 N–H and O–H groups in total. The Morgan fingerprint density at radius 1 is 1.29 bits per heavy atom. The van der Waals surface area contributed by atoms with Crippen molar-refractivity contribution in [3.05, 3.63) is 10.6 Å². The monoisotopic (exact) mass is 307 g/mol. The molecule has 3 rings (SSSR count). The molecule has 3 nitrogen and oxygen atoms in total. The van der Waals surface area contributed by atoms with Crippen molar-refractivity contribution in [1.82, 2.24) is 10.3 Å². The third kappa shape index (κ3) is 3.42. The summed E-state index contributed by atoms with van der Waals surface area (Å²) in [6, 6.07) is 0.633. The Morgan fingerprint density at radius 3 is 2.81 bits per heavy atom. The van der Waals surface area contributed by atoms with Crippen LogP contribution in [-0.2, 0) is 6.54 Å². The van der Waals surface area contributed by atoms with Crippen molar-refractivity contribution in [3.63, 3.8) is 0 Å². The highest BCUT2D eigenvalue weighted by molar-refractivity contribution is 7.15. The lowest BCUT2D eigenvalue weighted by Crippen LogP contribution is -2.42. The number of hydrogen-bond donors (Lipinski definition) is 1. The van der Waals surface area contributed by atoms with Gasteiger partial charge in [-0.2, -0.15) is 0 Å². The van der Waals surface area contributed by atoms with Crippen LogP contribution in [0.2, 0.25) is 0 Å². The maximum absolute atomic E-state index is 5.06. The molecule has 2 heterocycles. The third-order valence-electron chi connectivity index (χ3n) is 5.01. The predicted molar refractivity (Wildman–Crippen MR) is 91.3 cm³/mol. The van der Waals surface area contributed by atoms with Crippen LogP contribution in [0.4, 0.5) is 5.13 Å². The smallest absolute Gasteiger partial charge is 0.186 e. The van der Waals surface area contributed by atoms with Crippen molar-refractivity contribution in [3.8, 4) is 0 Å². The summed E-state index contributed by atoms with van der Waals surface area (Å²) >= 11 is 1.94. The summed E-state index contributed by atoms with van der Waals surface area (Å²) in [7, 11) is 0. The number of hydrogen-bond acceptors (Lipinski definition) is 4. The van der Waals surface area contributed by atoms with E-state index >= 15 is 0 Å². The van der Waals surface area contributed by atoms with Gasteiger partial charge in [-0.3, -0.25) is 0 Å². The molecule has 4 heteroatoms. The molecule has 0 aromatic carbocycles. The Balaban J connectivity index is 1.77. The Kier molecular flexibility index (Phi) is 4.85. The van der Waals surface area contributed by atoms with Gasteiger partial charge < -0.3 is 10.2 Å². The van der Waals surface area contributed by atoms with E-state index in [1.807, 2.05) is 11.3 Å². The minimum atomic E-state index is 0.633. The van der Waals surface area contributed by atoms with Crippen molar-refractivity contribution < 1.29 is 0 Å². The summed E-state index contributed by atoms with van der Waals surface area (Å²) in [6.07, 6.45) is 6.56. The summed E-state index contributed by atoms with van der Waals surface area (Å²) in [5.41, 5.74) is 1.41. The van der Waals surface area contributed by atoms with Gasteiger partial charge in [-0.15, -0.1) is 11.3 Å². The molecule has 0 spiro atoms. The number of aromatic nitrogens is 1. The summed E-state index contributed by atoms with van der Waals surface area (Å²) in [5, 5.41) is 4.84. The van der Waals surface area contributed by atoms with E-state index in [0.717, 1.165) is 24.9 Å². The molecule has 21 heavy (non-hydrogen) atoms. The SMILES string of the molecule is CCCNCc1sc(N2CCCC(C)C2C)nc1C1CC1. The fourth-order valence-corrected chi connectivity index (χ4v) is 4.49. The van der Waals surface area contributed by atoms with Crippen LogP contribution in [0.25, 0.3) is 0 Å². The van der Waals surface area contributed by atoms with E-state index in [1.54, 1.807) is 0 Å². The van der Waals surface area contributed by atoms with E-state index in [4.69, 9.17) is 4.98 Å². The van der Waals surface area contributed by atoms with Crippen molar-refractivity contribution in [1.29, 1.82) is 0 Å². The molecule has 1 aromatic heterocycles. The summed E-state index contributed by atoms with van der Waals surface area (Å²) in [4.78, 5) is 9.12. The molecule has 0 amide bonds. The lowest BCUT2D eigenvalue weighted by Gasteiger charge is -2.37. The Labute approximate surface area is 133 Å². The molecule has 1 aromatic rings. The van der Waals surface area contributed by atoms with Crippen LogP contribution in [0.5, 0.6) is 0 Å². The maximum atomic E-state index is 5.06. The average Bonchev–Trinajstić information content (AvgIpc) is 3.24. The molecule has 2 aliphatic rings. The minimum Gasteiger partial charge on any atom is -0.345 e. The highest BCUT2D eigenvalue weighted by atomic mass is 32.1. The van der Waals surface area contributed by atoms with Gasteiger partial charge in [0.15, 0.2) is 5.13 Å². The lowest BCUT2D eigenvalue weighted by molar-refractivity contribution is 0.363. The number of piperidine rings is 1. The molecule has 1 aliphatic heterocycles. The minimum absolute atomic E-state index is 0.633. The molecule has 2 atom stereocenters. The zero-order chi connectivity index (χ0) is 14.8. The predicted octanol–water partition coefficient (Wildman–Crippen LogP) is 4.14. The highest BCUT2D eigenvalue weighted by Crippen LogP contribution is 2.45. The molecule has 118 valence electrons. The Morgan fingerprint density at radius 2 is 2.10 bits per heavy atom. The second-order valence-electron chi connectivity index (χ2n) is 6.81. The van der Waals surface area contributed by atoms with Crippen molar-refractivity contribution in [2.24, 2.45) is 5.92 Å². The summed E-state index contributed by atoms with van der Waals surface area (Å²) in [6.45, 7) is 10.3. The Hall–Kier alpha value is -0.610. The summed E-state index contributed by atoms with van der Waals surface area (Å²) in [5.74, 6) is 1.54. The maximum Gasteiger partial charge on any atom is 0.186 e. The summed E-state index contributed by atoms with van der Waals surface area (Å²) < 4.78 is 0. The van der Waals surface area contributed by atoms with E-state index in [9.17, 15) is 0 Å². The number of rotatable bonds is 6. The van der Waals surface area contributed by atoms with E-state index in [2.05, 4.69) is 31.0 Å². The first-order valence-corrected chi connectivity index (χ1v) is 9.49. The lowest BCUT2D eigenvalue weighted by atomic mass is 9.93. The van der Waals surface area contributed by atoms with Gasteiger partial charge in [0, 0.05) is 29.9 Å². The van der Waals surface area contributed by atoms with Gasteiger partial charge in [0.1, 0.15) is 0 Å². The third-order valence-corrected chi connectivity index (χ3v) is 6.12. The van der Waals surface area contributed by atoms with Crippen LogP contribution in [0.3, 0.4) is 0 Å². The molecule has 0 bridgehead atoms.